The molecule has 1 atom stereocenters. The lowest BCUT2D eigenvalue weighted by Crippen LogP contribution is -2.64. The van der Waals surface area contributed by atoms with E-state index in [1.807, 2.05) is 0 Å². The first-order valence-corrected chi connectivity index (χ1v) is 11.6. The summed E-state index contributed by atoms with van der Waals surface area (Å²) in [6.45, 7) is 0.238. The van der Waals surface area contributed by atoms with Crippen molar-refractivity contribution < 1.29 is 27.6 Å². The van der Waals surface area contributed by atoms with Crippen molar-refractivity contribution in [3.63, 3.8) is 0 Å². The molecule has 2 aromatic rings. The molecule has 2 fully saturated rings. The molecule has 0 aromatic heterocycles. The van der Waals surface area contributed by atoms with E-state index in [2.05, 4.69) is 5.32 Å². The van der Waals surface area contributed by atoms with Crippen LogP contribution in [0.3, 0.4) is 0 Å². The fraction of sp³-hybridized carbons (Fsp3) is 0.400. The monoisotopic (exact) mass is 488 g/mol. The summed E-state index contributed by atoms with van der Waals surface area (Å²) in [5.41, 5.74) is 5.70. The van der Waals surface area contributed by atoms with Crippen LogP contribution in [0.2, 0.25) is 0 Å². The van der Waals surface area contributed by atoms with Crippen LogP contribution in [0.15, 0.2) is 42.5 Å². The van der Waals surface area contributed by atoms with Crippen LogP contribution >= 0.6 is 0 Å². The second-order valence-electron chi connectivity index (χ2n) is 9.01. The van der Waals surface area contributed by atoms with Crippen molar-refractivity contribution in [3.8, 4) is 0 Å². The standard InChI is InChI=1S/C25H27F3N4O3/c26-17-4-1-3-15(11-17)24(34)31-9-2-10-32(25(35)16-12-18(27)14-19(28)13-16)23(31)22(33)30-21-7-5-20(29)6-8-21/h1,3-4,11-14,20-21,23H,2,5-10,29H2,(H,30,33). The summed E-state index contributed by atoms with van der Waals surface area (Å²) >= 11 is 0. The molecule has 2 aliphatic rings. The number of halogens is 3. The van der Waals surface area contributed by atoms with Crippen LogP contribution in [-0.2, 0) is 4.79 Å². The fourth-order valence-corrected chi connectivity index (χ4v) is 4.70. The maximum atomic E-state index is 13.8. The summed E-state index contributed by atoms with van der Waals surface area (Å²) in [5.74, 6) is -4.48. The predicted octanol–water partition coefficient (Wildman–Crippen LogP) is 2.80. The second-order valence-corrected chi connectivity index (χ2v) is 9.01. The van der Waals surface area contributed by atoms with Crippen LogP contribution in [0.5, 0.6) is 0 Å². The number of hydrogen-bond acceptors (Lipinski definition) is 4. The molecule has 1 unspecified atom stereocenters. The summed E-state index contributed by atoms with van der Waals surface area (Å²) in [4.78, 5) is 42.5. The molecular formula is C25H27F3N4O3. The Hall–Kier alpha value is -3.40. The Labute approximate surface area is 201 Å². The first-order valence-electron chi connectivity index (χ1n) is 11.6. The molecule has 4 rings (SSSR count). The maximum absolute atomic E-state index is 13.8. The predicted molar refractivity (Wildman–Crippen MR) is 122 cm³/mol. The van der Waals surface area contributed by atoms with Crippen LogP contribution in [0, 0.1) is 17.5 Å². The highest BCUT2D eigenvalue weighted by atomic mass is 19.1. The molecule has 0 spiro atoms. The van der Waals surface area contributed by atoms with Gasteiger partial charge >= 0.3 is 0 Å². The Balaban J connectivity index is 1.66. The lowest BCUT2D eigenvalue weighted by Gasteiger charge is -2.43. The minimum atomic E-state index is -1.37. The van der Waals surface area contributed by atoms with Gasteiger partial charge in [-0.15, -0.1) is 0 Å². The number of nitrogens with zero attached hydrogens (tertiary/aromatic N) is 2. The van der Waals surface area contributed by atoms with E-state index < -0.39 is 41.3 Å². The van der Waals surface area contributed by atoms with E-state index in [0.29, 0.717) is 25.3 Å². The van der Waals surface area contributed by atoms with Gasteiger partial charge in [-0.25, -0.2) is 13.2 Å². The quantitative estimate of drug-likeness (QED) is 0.692. The zero-order chi connectivity index (χ0) is 25.1. The molecular weight excluding hydrogens is 461 g/mol. The van der Waals surface area contributed by atoms with Gasteiger partial charge in [0.25, 0.3) is 17.7 Å². The zero-order valence-electron chi connectivity index (χ0n) is 19.1. The highest BCUT2D eigenvalue weighted by Gasteiger charge is 2.41. The largest absolute Gasteiger partial charge is 0.350 e. The van der Waals surface area contributed by atoms with Gasteiger partial charge in [-0.2, -0.15) is 0 Å². The lowest BCUT2D eigenvalue weighted by molar-refractivity contribution is -0.133. The smallest absolute Gasteiger partial charge is 0.264 e. The van der Waals surface area contributed by atoms with E-state index >= 15 is 0 Å². The van der Waals surface area contributed by atoms with Gasteiger partial charge in [-0.3, -0.25) is 14.4 Å². The van der Waals surface area contributed by atoms with Crippen molar-refractivity contribution in [2.45, 2.75) is 50.4 Å². The SMILES string of the molecule is NC1CCC(NC(=O)C2N(C(=O)c3cccc(F)c3)CCCN2C(=O)c2cc(F)cc(F)c2)CC1. The van der Waals surface area contributed by atoms with E-state index in [-0.39, 0.29) is 36.3 Å². The Kier molecular flexibility index (Phi) is 7.39. The van der Waals surface area contributed by atoms with Crippen molar-refractivity contribution in [2.75, 3.05) is 13.1 Å². The minimum Gasteiger partial charge on any atom is -0.350 e. The number of hydrogen-bond donors (Lipinski definition) is 2. The van der Waals surface area contributed by atoms with E-state index in [9.17, 15) is 27.6 Å². The van der Waals surface area contributed by atoms with E-state index in [0.717, 1.165) is 35.9 Å². The second kappa shape index (κ2) is 10.5. The normalized spacial score (nSPS) is 22.6. The first kappa shape index (κ1) is 24.7. The van der Waals surface area contributed by atoms with Gasteiger partial charge < -0.3 is 20.9 Å². The molecule has 35 heavy (non-hydrogen) atoms. The highest BCUT2D eigenvalue weighted by Crippen LogP contribution is 2.24. The van der Waals surface area contributed by atoms with Crippen molar-refractivity contribution in [1.29, 1.82) is 0 Å². The van der Waals surface area contributed by atoms with Crippen molar-refractivity contribution in [1.82, 2.24) is 15.1 Å². The summed E-state index contributed by atoms with van der Waals surface area (Å²) in [7, 11) is 0. The maximum Gasteiger partial charge on any atom is 0.264 e. The Morgan fingerprint density at radius 3 is 1.97 bits per heavy atom. The number of benzene rings is 2. The molecule has 1 aliphatic carbocycles. The summed E-state index contributed by atoms with van der Waals surface area (Å²) in [5, 5.41) is 2.91. The fourth-order valence-electron chi connectivity index (χ4n) is 4.70. The van der Waals surface area contributed by atoms with Crippen LogP contribution in [0.25, 0.3) is 0 Å². The Bertz CT molecular complexity index is 1100. The molecule has 10 heteroatoms. The zero-order valence-corrected chi connectivity index (χ0v) is 19.1. The summed E-state index contributed by atoms with van der Waals surface area (Å²) in [6.07, 6.45) is 1.72. The molecule has 3 N–H and O–H groups in total. The number of rotatable bonds is 4. The molecule has 2 aromatic carbocycles. The molecule has 1 heterocycles. The number of amides is 3. The third-order valence-electron chi connectivity index (χ3n) is 6.44. The highest BCUT2D eigenvalue weighted by molar-refractivity contribution is 6.01. The van der Waals surface area contributed by atoms with Crippen molar-refractivity contribution >= 4 is 17.7 Å². The molecule has 1 aliphatic heterocycles. The van der Waals surface area contributed by atoms with E-state index in [1.165, 1.54) is 23.1 Å². The number of nitrogens with one attached hydrogen (secondary N) is 1. The Morgan fingerprint density at radius 2 is 1.37 bits per heavy atom. The molecule has 0 radical (unpaired) electrons. The number of carbonyl (C=O) groups is 3. The van der Waals surface area contributed by atoms with E-state index in [4.69, 9.17) is 5.73 Å². The van der Waals surface area contributed by atoms with Gasteiger partial charge in [0, 0.05) is 42.4 Å². The average Bonchev–Trinajstić information content (AvgIpc) is 2.83. The molecule has 1 saturated carbocycles. The molecule has 186 valence electrons. The van der Waals surface area contributed by atoms with Crippen LogP contribution in [-0.4, -0.2) is 58.9 Å². The van der Waals surface area contributed by atoms with Gasteiger partial charge in [-0.05, 0) is 62.4 Å². The van der Waals surface area contributed by atoms with Crippen LogP contribution in [0.4, 0.5) is 13.2 Å². The number of nitrogens with two attached hydrogens (primary N) is 1. The molecule has 3 amide bonds. The lowest BCUT2D eigenvalue weighted by atomic mass is 9.91. The van der Waals surface area contributed by atoms with Crippen LogP contribution < -0.4 is 11.1 Å². The van der Waals surface area contributed by atoms with Gasteiger partial charge in [0.2, 0.25) is 0 Å². The van der Waals surface area contributed by atoms with Gasteiger partial charge in [0.05, 0.1) is 0 Å². The van der Waals surface area contributed by atoms with Crippen molar-refractivity contribution in [3.05, 3.63) is 71.0 Å². The van der Waals surface area contributed by atoms with Gasteiger partial charge in [0.15, 0.2) is 6.17 Å². The number of carbonyl (C=O) groups excluding carboxylic acids is 3. The molecule has 7 nitrogen and oxygen atoms in total. The first-order chi connectivity index (χ1) is 16.7. The molecule has 0 bridgehead atoms. The summed E-state index contributed by atoms with van der Waals surface area (Å²) in [6, 6.07) is 7.35. The molecule has 1 saturated heterocycles. The topological polar surface area (TPSA) is 95.7 Å². The van der Waals surface area contributed by atoms with Gasteiger partial charge in [0.1, 0.15) is 17.5 Å². The van der Waals surface area contributed by atoms with Gasteiger partial charge in [-0.1, -0.05) is 6.07 Å². The third-order valence-corrected chi connectivity index (χ3v) is 6.44. The average molecular weight is 489 g/mol. The van der Waals surface area contributed by atoms with Crippen molar-refractivity contribution in [2.24, 2.45) is 5.73 Å². The summed E-state index contributed by atoms with van der Waals surface area (Å²) < 4.78 is 41.4. The third kappa shape index (κ3) is 5.64. The van der Waals surface area contributed by atoms with Crippen LogP contribution in [0.1, 0.15) is 52.8 Å². The Morgan fingerprint density at radius 1 is 0.800 bits per heavy atom. The minimum absolute atomic E-state index is 0.0255. The van der Waals surface area contributed by atoms with E-state index in [1.54, 1.807) is 0 Å².